The Labute approximate surface area is 127 Å². The van der Waals surface area contributed by atoms with Gasteiger partial charge in [0.15, 0.2) is 0 Å². The molecule has 1 saturated heterocycles. The number of hydrogen-bond acceptors (Lipinski definition) is 2. The van der Waals surface area contributed by atoms with Gasteiger partial charge in [0.1, 0.15) is 0 Å². The summed E-state index contributed by atoms with van der Waals surface area (Å²) in [6, 6.07) is 0.649. The highest BCUT2D eigenvalue weighted by Crippen LogP contribution is 2.25. The lowest BCUT2D eigenvalue weighted by Gasteiger charge is -2.36. The summed E-state index contributed by atoms with van der Waals surface area (Å²) in [5, 5.41) is 3.75. The Morgan fingerprint density at radius 2 is 1.75 bits per heavy atom. The minimum absolute atomic E-state index is 0.371. The summed E-state index contributed by atoms with van der Waals surface area (Å²) in [5.74, 6) is 1.01. The first-order chi connectivity index (χ1) is 9.47. The first kappa shape index (κ1) is 18.0. The van der Waals surface area contributed by atoms with Crippen molar-refractivity contribution in [3.8, 4) is 0 Å². The van der Waals surface area contributed by atoms with E-state index in [0.29, 0.717) is 11.5 Å². The van der Waals surface area contributed by atoms with E-state index in [1.54, 1.807) is 0 Å². The van der Waals surface area contributed by atoms with Crippen LogP contribution in [0.15, 0.2) is 0 Å². The molecule has 0 amide bonds. The van der Waals surface area contributed by atoms with Crippen molar-refractivity contribution >= 4 is 0 Å². The molecule has 2 heteroatoms. The summed E-state index contributed by atoms with van der Waals surface area (Å²) in [5.41, 5.74) is 0.371. The monoisotopic (exact) mass is 282 g/mol. The molecule has 1 atom stereocenters. The Bertz CT molecular complexity index is 236. The molecule has 1 aliphatic heterocycles. The van der Waals surface area contributed by atoms with Crippen molar-refractivity contribution in [1.29, 1.82) is 0 Å². The Hall–Kier alpha value is -0.0800. The average Bonchev–Trinajstić information content (AvgIpc) is 2.39. The molecule has 0 aliphatic carbocycles. The molecule has 1 N–H and O–H groups in total. The van der Waals surface area contributed by atoms with Gasteiger partial charge in [0.2, 0.25) is 0 Å². The number of nitrogens with zero attached hydrogens (tertiary/aromatic N) is 1. The van der Waals surface area contributed by atoms with Crippen LogP contribution in [0, 0.1) is 11.3 Å². The topological polar surface area (TPSA) is 15.3 Å². The van der Waals surface area contributed by atoms with Gasteiger partial charge in [-0.25, -0.2) is 0 Å². The SMILES string of the molecule is CCCNC(CCN1CCC(CCC)CC1)C(C)(C)C. The van der Waals surface area contributed by atoms with Gasteiger partial charge in [-0.2, -0.15) is 0 Å². The quantitative estimate of drug-likeness (QED) is 0.714. The molecule has 0 bridgehead atoms. The molecule has 0 radical (unpaired) electrons. The molecule has 0 saturated carbocycles. The van der Waals surface area contributed by atoms with Gasteiger partial charge in [-0.15, -0.1) is 0 Å². The summed E-state index contributed by atoms with van der Waals surface area (Å²) in [6.07, 6.45) is 8.18. The van der Waals surface area contributed by atoms with E-state index in [9.17, 15) is 0 Å². The van der Waals surface area contributed by atoms with Gasteiger partial charge in [-0.05, 0) is 63.2 Å². The molecule has 1 fully saturated rings. The van der Waals surface area contributed by atoms with Crippen molar-refractivity contribution in [3.63, 3.8) is 0 Å². The third-order valence-electron chi connectivity index (χ3n) is 4.82. The van der Waals surface area contributed by atoms with Crippen molar-refractivity contribution in [2.45, 2.75) is 79.2 Å². The first-order valence-corrected chi connectivity index (χ1v) is 8.93. The maximum Gasteiger partial charge on any atom is 0.0128 e. The van der Waals surface area contributed by atoms with Crippen LogP contribution in [0.5, 0.6) is 0 Å². The predicted molar refractivity (Wildman–Crippen MR) is 90.2 cm³/mol. The van der Waals surface area contributed by atoms with E-state index in [1.807, 2.05) is 0 Å². The zero-order chi connectivity index (χ0) is 15.0. The molecule has 1 heterocycles. The third-order valence-corrected chi connectivity index (χ3v) is 4.82. The molecule has 2 nitrogen and oxygen atoms in total. The fraction of sp³-hybridized carbons (Fsp3) is 1.00. The second-order valence-electron chi connectivity index (χ2n) is 7.74. The Morgan fingerprint density at radius 1 is 1.10 bits per heavy atom. The van der Waals surface area contributed by atoms with Crippen LogP contribution in [0.4, 0.5) is 0 Å². The highest BCUT2D eigenvalue weighted by atomic mass is 15.1. The van der Waals surface area contributed by atoms with Crippen LogP contribution < -0.4 is 5.32 Å². The van der Waals surface area contributed by atoms with Gasteiger partial charge in [0, 0.05) is 6.04 Å². The van der Waals surface area contributed by atoms with E-state index in [1.165, 1.54) is 58.2 Å². The van der Waals surface area contributed by atoms with E-state index in [2.05, 4.69) is 44.8 Å². The molecule has 0 aromatic rings. The molecule has 1 aliphatic rings. The maximum absolute atomic E-state index is 3.75. The van der Waals surface area contributed by atoms with Crippen molar-refractivity contribution in [2.75, 3.05) is 26.2 Å². The van der Waals surface area contributed by atoms with E-state index in [0.717, 1.165) is 12.5 Å². The van der Waals surface area contributed by atoms with Crippen LogP contribution in [0.2, 0.25) is 0 Å². The van der Waals surface area contributed by atoms with Gasteiger partial charge < -0.3 is 10.2 Å². The van der Waals surface area contributed by atoms with Gasteiger partial charge in [-0.3, -0.25) is 0 Å². The average molecular weight is 283 g/mol. The summed E-state index contributed by atoms with van der Waals surface area (Å²) < 4.78 is 0. The Kier molecular flexibility index (Phi) is 8.13. The van der Waals surface area contributed by atoms with Crippen molar-refractivity contribution < 1.29 is 0 Å². The lowest BCUT2D eigenvalue weighted by Crippen LogP contribution is -2.44. The smallest absolute Gasteiger partial charge is 0.0128 e. The Morgan fingerprint density at radius 3 is 2.25 bits per heavy atom. The van der Waals surface area contributed by atoms with Gasteiger partial charge >= 0.3 is 0 Å². The van der Waals surface area contributed by atoms with Crippen LogP contribution >= 0.6 is 0 Å². The molecule has 1 rings (SSSR count). The largest absolute Gasteiger partial charge is 0.313 e. The number of piperidine rings is 1. The highest BCUT2D eigenvalue weighted by molar-refractivity contribution is 4.82. The van der Waals surface area contributed by atoms with E-state index in [-0.39, 0.29) is 0 Å². The Balaban J connectivity index is 2.30. The molecular weight excluding hydrogens is 244 g/mol. The molecule has 20 heavy (non-hydrogen) atoms. The third kappa shape index (κ3) is 6.58. The van der Waals surface area contributed by atoms with Crippen molar-refractivity contribution in [2.24, 2.45) is 11.3 Å². The van der Waals surface area contributed by atoms with Crippen molar-refractivity contribution in [1.82, 2.24) is 10.2 Å². The molecule has 0 spiro atoms. The zero-order valence-electron chi connectivity index (χ0n) is 14.7. The second-order valence-corrected chi connectivity index (χ2v) is 7.74. The fourth-order valence-electron chi connectivity index (χ4n) is 3.38. The van der Waals surface area contributed by atoms with Crippen LogP contribution in [-0.2, 0) is 0 Å². The van der Waals surface area contributed by atoms with Gasteiger partial charge in [0.05, 0.1) is 0 Å². The van der Waals surface area contributed by atoms with E-state index in [4.69, 9.17) is 0 Å². The lowest BCUT2D eigenvalue weighted by molar-refractivity contribution is 0.155. The molecular formula is C18H38N2. The lowest BCUT2D eigenvalue weighted by atomic mass is 9.84. The molecule has 1 unspecified atom stereocenters. The van der Waals surface area contributed by atoms with E-state index < -0.39 is 0 Å². The number of hydrogen-bond donors (Lipinski definition) is 1. The van der Waals surface area contributed by atoms with Gasteiger partial charge in [0.25, 0.3) is 0 Å². The maximum atomic E-state index is 3.75. The van der Waals surface area contributed by atoms with Crippen LogP contribution in [-0.4, -0.2) is 37.1 Å². The molecule has 120 valence electrons. The predicted octanol–water partition coefficient (Wildman–Crippen LogP) is 4.30. The van der Waals surface area contributed by atoms with Crippen molar-refractivity contribution in [3.05, 3.63) is 0 Å². The standard InChI is InChI=1S/C18H38N2/c1-6-8-16-9-13-20(14-10-16)15-11-17(18(3,4)5)19-12-7-2/h16-17,19H,6-15H2,1-5H3. The number of likely N-dealkylation sites (tertiary alicyclic amines) is 1. The highest BCUT2D eigenvalue weighted by Gasteiger charge is 2.25. The zero-order valence-corrected chi connectivity index (χ0v) is 14.7. The minimum atomic E-state index is 0.371. The summed E-state index contributed by atoms with van der Waals surface area (Å²) in [6.45, 7) is 16.8. The second kappa shape index (κ2) is 9.04. The normalized spacial score (nSPS) is 20.2. The van der Waals surface area contributed by atoms with Crippen LogP contribution in [0.25, 0.3) is 0 Å². The summed E-state index contributed by atoms with van der Waals surface area (Å²) in [4.78, 5) is 2.69. The molecule has 0 aromatic carbocycles. The summed E-state index contributed by atoms with van der Waals surface area (Å²) >= 11 is 0. The number of rotatable bonds is 8. The minimum Gasteiger partial charge on any atom is -0.313 e. The van der Waals surface area contributed by atoms with Crippen LogP contribution in [0.3, 0.4) is 0 Å². The van der Waals surface area contributed by atoms with E-state index >= 15 is 0 Å². The number of nitrogens with one attached hydrogen (secondary N) is 1. The van der Waals surface area contributed by atoms with Gasteiger partial charge in [-0.1, -0.05) is 47.5 Å². The fourth-order valence-corrected chi connectivity index (χ4v) is 3.38. The first-order valence-electron chi connectivity index (χ1n) is 8.93. The van der Waals surface area contributed by atoms with Crippen LogP contribution in [0.1, 0.15) is 73.1 Å². The molecule has 0 aromatic heterocycles. The summed E-state index contributed by atoms with van der Waals surface area (Å²) in [7, 11) is 0.